The average molecular weight is 610 g/mol. The van der Waals surface area contributed by atoms with Crippen molar-refractivity contribution >= 4 is 36.6 Å². The van der Waals surface area contributed by atoms with Gasteiger partial charge in [0.25, 0.3) is 0 Å². The minimum absolute atomic E-state index is 0.000793. The monoisotopic (exact) mass is 609 g/mol. The largest absolute Gasteiger partial charge is 0.493 e. The molecule has 1 aromatic carbocycles. The minimum atomic E-state index is -0.557. The number of nitrogens with one attached hydrogen (secondary N) is 1. The quantitative estimate of drug-likeness (QED) is 0.384. The van der Waals surface area contributed by atoms with Crippen molar-refractivity contribution in [1.82, 2.24) is 19.4 Å². The van der Waals surface area contributed by atoms with Gasteiger partial charge in [0.15, 0.2) is 0 Å². The van der Waals surface area contributed by atoms with Crippen molar-refractivity contribution < 1.29 is 28.7 Å². The molecule has 11 nitrogen and oxygen atoms in total. The zero-order chi connectivity index (χ0) is 31.7. The van der Waals surface area contributed by atoms with E-state index >= 15 is 0 Å². The Morgan fingerprint density at radius 3 is 2.45 bits per heavy atom. The second kappa shape index (κ2) is 19.4. The van der Waals surface area contributed by atoms with Crippen LogP contribution in [0.5, 0.6) is 5.75 Å². The zero-order valence-electron chi connectivity index (χ0n) is 26.3. The molecule has 3 N–H and O–H groups in total. The lowest BCUT2D eigenvalue weighted by Gasteiger charge is -2.37. The van der Waals surface area contributed by atoms with Crippen LogP contribution in [0.25, 0.3) is 0 Å². The Bertz CT molecular complexity index is 951. The number of nitrogens with two attached hydrogens (primary N) is 1. The highest BCUT2D eigenvalue weighted by Crippen LogP contribution is 2.29. The Kier molecular flexibility index (Phi) is 17.2. The van der Waals surface area contributed by atoms with Crippen molar-refractivity contribution in [2.45, 2.75) is 83.5 Å². The molecule has 0 spiro atoms. The third-order valence-corrected chi connectivity index (χ3v) is 7.88. The number of carbonyl (C=O) groups is 4. The summed E-state index contributed by atoms with van der Waals surface area (Å²) in [6.07, 6.45) is 8.21. The van der Waals surface area contributed by atoms with E-state index in [4.69, 9.17) is 14.3 Å². The maximum Gasteiger partial charge on any atom is 0.247 e. The minimum Gasteiger partial charge on any atom is -0.493 e. The fourth-order valence-corrected chi connectivity index (χ4v) is 5.26. The predicted octanol–water partition coefficient (Wildman–Crippen LogP) is 2.47. The molecule has 12 heteroatoms. The number of primary amides is 1. The number of rotatable bonds is 5. The summed E-state index contributed by atoms with van der Waals surface area (Å²) >= 11 is 1.60. The highest BCUT2D eigenvalue weighted by molar-refractivity contribution is 7.96. The number of hydrogen-bond donors (Lipinski definition) is 2. The molecular weight excluding hydrogens is 558 g/mol. The normalized spacial score (nSPS) is 21.5. The number of aryl methyl sites for hydroxylation is 1. The van der Waals surface area contributed by atoms with Crippen molar-refractivity contribution in [3.8, 4) is 5.75 Å². The first kappa shape index (κ1) is 37.2. The Hall–Kier alpha value is -2.83. The van der Waals surface area contributed by atoms with Gasteiger partial charge in [0, 0.05) is 39.3 Å². The molecule has 0 saturated carbocycles. The third kappa shape index (κ3) is 13.4. The van der Waals surface area contributed by atoms with Crippen LogP contribution in [-0.2, 0) is 30.3 Å². The van der Waals surface area contributed by atoms with Gasteiger partial charge in [0.05, 0.1) is 18.8 Å². The summed E-state index contributed by atoms with van der Waals surface area (Å²) in [5.74, 6) is 0.776. The molecule has 2 fully saturated rings. The molecule has 3 aliphatic heterocycles. The summed E-state index contributed by atoms with van der Waals surface area (Å²) in [4.78, 5) is 47.5. The number of ether oxygens (including phenoxy) is 2. The summed E-state index contributed by atoms with van der Waals surface area (Å²) in [6, 6.07) is 8.19. The van der Waals surface area contributed by atoms with Crippen LogP contribution < -0.4 is 15.8 Å². The van der Waals surface area contributed by atoms with Gasteiger partial charge in [-0.15, -0.1) is 0 Å². The molecule has 2 saturated heterocycles. The molecular formula is C30H51N5O6S. The Labute approximate surface area is 255 Å². The molecule has 238 valence electrons. The molecule has 3 atom stereocenters. The number of nitrogens with zero attached hydrogens (tertiary/aromatic N) is 3. The Morgan fingerprint density at radius 2 is 1.88 bits per heavy atom. The van der Waals surface area contributed by atoms with Gasteiger partial charge in [0.1, 0.15) is 11.8 Å². The van der Waals surface area contributed by atoms with Crippen molar-refractivity contribution in [3.05, 3.63) is 29.8 Å². The van der Waals surface area contributed by atoms with E-state index in [0.29, 0.717) is 13.0 Å². The van der Waals surface area contributed by atoms with Gasteiger partial charge in [0.2, 0.25) is 24.6 Å². The maximum atomic E-state index is 12.9. The van der Waals surface area contributed by atoms with E-state index < -0.39 is 6.04 Å². The van der Waals surface area contributed by atoms with Crippen LogP contribution in [0.3, 0.4) is 0 Å². The fourth-order valence-electron chi connectivity index (χ4n) is 4.67. The molecule has 3 heterocycles. The van der Waals surface area contributed by atoms with Crippen LogP contribution in [0, 0.1) is 0 Å². The van der Waals surface area contributed by atoms with Crippen LogP contribution in [-0.4, -0.2) is 109 Å². The lowest BCUT2D eigenvalue weighted by atomic mass is 10.1. The average Bonchev–Trinajstić information content (AvgIpc) is 3.33. The zero-order valence-corrected chi connectivity index (χ0v) is 27.2. The number of amides is 4. The molecule has 0 aromatic heterocycles. The Morgan fingerprint density at radius 1 is 1.24 bits per heavy atom. The molecule has 3 aliphatic rings. The molecule has 42 heavy (non-hydrogen) atoms. The first-order chi connectivity index (χ1) is 19.9. The molecule has 4 rings (SSSR count). The van der Waals surface area contributed by atoms with E-state index in [1.54, 1.807) is 26.1 Å². The SMILES string of the molecule is COC(C)(C)C.CSN1CCC2CCC(C)N2C(=O)C(NC(=O)CN(C)C=O)C1.NC=O.c1ccc2c(c1)CCCO2. The van der Waals surface area contributed by atoms with Crippen LogP contribution in [0.1, 0.15) is 58.9 Å². The highest BCUT2D eigenvalue weighted by atomic mass is 32.2. The van der Waals surface area contributed by atoms with Gasteiger partial charge in [-0.1, -0.05) is 30.1 Å². The molecule has 4 amide bonds. The molecule has 0 radical (unpaired) electrons. The standard InChI is InChI=1S/C15H26N4O3S.C9H10O.C5H12O.CH3NO/c1-11-4-5-12-6-7-18(23-3)8-13(15(22)19(11)12)16-14(21)9-17(2)10-20;1-2-6-9-8(4-1)5-3-7-10-9;1-5(2,3)6-4;2-1-3/h10-13H,4-9H2,1-3H3,(H,16,21);1-2,4,6H,3,5,7H2;1-4H3;1H,(H2,2,3). The van der Waals surface area contributed by atoms with Crippen molar-refractivity contribution in [2.75, 3.05) is 46.7 Å². The first-order valence-corrected chi connectivity index (χ1v) is 15.6. The summed E-state index contributed by atoms with van der Waals surface area (Å²) in [5, 5.41) is 2.81. The van der Waals surface area contributed by atoms with E-state index in [0.717, 1.165) is 44.6 Å². The third-order valence-electron chi connectivity index (χ3n) is 7.04. The van der Waals surface area contributed by atoms with Crippen molar-refractivity contribution in [1.29, 1.82) is 0 Å². The summed E-state index contributed by atoms with van der Waals surface area (Å²) < 4.78 is 12.5. The van der Waals surface area contributed by atoms with E-state index in [1.165, 1.54) is 16.9 Å². The lowest BCUT2D eigenvalue weighted by molar-refractivity contribution is -0.140. The molecule has 0 aliphatic carbocycles. The maximum absolute atomic E-state index is 12.9. The topological polar surface area (TPSA) is 135 Å². The number of methoxy groups -OCH3 is 1. The summed E-state index contributed by atoms with van der Waals surface area (Å²) in [5.41, 5.74) is 5.56. The molecule has 3 unspecified atom stereocenters. The van der Waals surface area contributed by atoms with Crippen LogP contribution in [0.2, 0.25) is 0 Å². The summed E-state index contributed by atoms with van der Waals surface area (Å²) in [7, 11) is 3.25. The van der Waals surface area contributed by atoms with E-state index in [9.17, 15) is 14.4 Å². The van der Waals surface area contributed by atoms with Crippen molar-refractivity contribution in [3.63, 3.8) is 0 Å². The highest BCUT2D eigenvalue weighted by Gasteiger charge is 2.40. The molecule has 1 aromatic rings. The summed E-state index contributed by atoms with van der Waals surface area (Å²) in [6.45, 7) is 10.4. The fraction of sp³-hybridized carbons (Fsp3) is 0.667. The second-order valence-electron chi connectivity index (χ2n) is 11.3. The van der Waals surface area contributed by atoms with Crippen LogP contribution in [0.4, 0.5) is 0 Å². The number of hydrogen-bond acceptors (Lipinski definition) is 8. The second-order valence-corrected chi connectivity index (χ2v) is 12.2. The number of fused-ring (bicyclic) bond motifs is 2. The van der Waals surface area contributed by atoms with Crippen LogP contribution >= 0.6 is 11.9 Å². The number of likely N-dealkylation sites (N-methyl/N-ethyl adjacent to an activating group) is 1. The van der Waals surface area contributed by atoms with E-state index in [1.807, 2.05) is 44.1 Å². The van der Waals surface area contributed by atoms with Gasteiger partial charge in [-0.2, -0.15) is 0 Å². The number of benzene rings is 1. The molecule has 0 bridgehead atoms. The van der Waals surface area contributed by atoms with Gasteiger partial charge in [-0.3, -0.25) is 19.2 Å². The predicted molar refractivity (Wildman–Crippen MR) is 167 cm³/mol. The van der Waals surface area contributed by atoms with Crippen LogP contribution in [0.15, 0.2) is 24.3 Å². The van der Waals surface area contributed by atoms with E-state index in [2.05, 4.69) is 34.4 Å². The number of carbonyl (C=O) groups excluding carboxylic acids is 4. The van der Waals surface area contributed by atoms with Gasteiger partial charge < -0.3 is 30.3 Å². The smallest absolute Gasteiger partial charge is 0.247 e. The Balaban J connectivity index is 0.000000377. The van der Waals surface area contributed by atoms with E-state index in [-0.39, 0.29) is 42.5 Å². The van der Waals surface area contributed by atoms with Gasteiger partial charge in [-0.25, -0.2) is 4.31 Å². The van der Waals surface area contributed by atoms with Crippen molar-refractivity contribution in [2.24, 2.45) is 5.73 Å². The number of para-hydroxylation sites is 1. The van der Waals surface area contributed by atoms with Gasteiger partial charge >= 0.3 is 0 Å². The van der Waals surface area contributed by atoms with Gasteiger partial charge in [-0.05, 0) is 77.7 Å². The lowest BCUT2D eigenvalue weighted by Crippen LogP contribution is -2.58. The first-order valence-electron chi connectivity index (χ1n) is 14.4.